The molecule has 0 aliphatic heterocycles. The maximum Gasteiger partial charge on any atom is 0.416 e. The minimum atomic E-state index is -4.67. The summed E-state index contributed by atoms with van der Waals surface area (Å²) in [5.41, 5.74) is -2.88. The van der Waals surface area contributed by atoms with Crippen LogP contribution in [-0.4, -0.2) is 21.4 Å². The minimum absolute atomic E-state index is 0.0250. The number of amides is 2. The number of hydrogen-bond acceptors (Lipinski definition) is 4. The first-order chi connectivity index (χ1) is 16.3. The monoisotopic (exact) mass is 515 g/mol. The quantitative estimate of drug-likeness (QED) is 0.274. The zero-order valence-corrected chi connectivity index (χ0v) is 18.4. The van der Waals surface area contributed by atoms with Gasteiger partial charge in [0.15, 0.2) is 5.82 Å². The molecule has 0 radical (unpaired) electrons. The number of pyridine rings is 1. The van der Waals surface area contributed by atoms with Crippen molar-refractivity contribution in [3.63, 3.8) is 0 Å². The molecule has 8 nitrogen and oxygen atoms in total. The summed E-state index contributed by atoms with van der Waals surface area (Å²) in [6.07, 6.45) is -3.56. The Labute approximate surface area is 196 Å². The van der Waals surface area contributed by atoms with Gasteiger partial charge < -0.3 is 10.6 Å². The molecule has 0 saturated heterocycles. The number of carbonyl (C=O) groups is 2. The topological polar surface area (TPSA) is 120 Å². The second-order valence-corrected chi connectivity index (χ2v) is 8.73. The second kappa shape index (κ2) is 9.76. The summed E-state index contributed by atoms with van der Waals surface area (Å²) in [5.74, 6) is -4.28. The predicted molar refractivity (Wildman–Crippen MR) is 117 cm³/mol. The van der Waals surface area contributed by atoms with Gasteiger partial charge in [-0.1, -0.05) is 0 Å². The summed E-state index contributed by atoms with van der Waals surface area (Å²) < 4.78 is 92.1. The summed E-state index contributed by atoms with van der Waals surface area (Å²) in [6.45, 7) is 1.26. The van der Waals surface area contributed by atoms with Gasteiger partial charge in [0.1, 0.15) is 22.9 Å². The van der Waals surface area contributed by atoms with Crippen molar-refractivity contribution in [2.24, 2.45) is 0 Å². The van der Waals surface area contributed by atoms with Crippen LogP contribution in [0.15, 0.2) is 59.6 Å². The summed E-state index contributed by atoms with van der Waals surface area (Å²) in [5, 5.41) is 4.59. The Morgan fingerprint density at radius 3 is 2.17 bits per heavy atom. The molecule has 0 saturated carbocycles. The molecule has 1 unspecified atom stereocenters. The van der Waals surface area contributed by atoms with Crippen LogP contribution < -0.4 is 15.4 Å². The fourth-order valence-electron chi connectivity index (χ4n) is 2.79. The van der Waals surface area contributed by atoms with E-state index < -0.39 is 55.8 Å². The van der Waals surface area contributed by atoms with E-state index in [-0.39, 0.29) is 17.4 Å². The lowest BCUT2D eigenvalue weighted by molar-refractivity contribution is -0.137. The van der Waals surface area contributed by atoms with E-state index in [9.17, 15) is 40.3 Å². The highest BCUT2D eigenvalue weighted by Crippen LogP contribution is 2.31. The first-order valence-electron chi connectivity index (χ1n) is 9.52. The van der Waals surface area contributed by atoms with Crippen LogP contribution in [0.25, 0.3) is 0 Å². The summed E-state index contributed by atoms with van der Waals surface area (Å²) in [6, 6.07) is 6.64. The molecule has 2 amide bonds. The van der Waals surface area contributed by atoms with Crippen molar-refractivity contribution in [3.8, 4) is 0 Å². The van der Waals surface area contributed by atoms with Gasteiger partial charge in [0.05, 0.1) is 17.4 Å². The Balaban J connectivity index is 1.83. The summed E-state index contributed by atoms with van der Waals surface area (Å²) in [7, 11) is -4.33. The van der Waals surface area contributed by atoms with Crippen molar-refractivity contribution in [3.05, 3.63) is 77.5 Å². The first-order valence-corrected chi connectivity index (χ1v) is 11.0. The lowest BCUT2D eigenvalue weighted by Crippen LogP contribution is -2.23. The van der Waals surface area contributed by atoms with Crippen LogP contribution in [0.1, 0.15) is 22.8 Å². The normalized spacial score (nSPS) is 13.0. The molecule has 35 heavy (non-hydrogen) atoms. The number of nitrogens with one attached hydrogen (secondary N) is 3. The van der Waals surface area contributed by atoms with E-state index in [2.05, 4.69) is 15.6 Å². The van der Waals surface area contributed by atoms with Gasteiger partial charge in [-0.25, -0.2) is 13.8 Å². The van der Waals surface area contributed by atoms with Crippen LogP contribution in [-0.2, 0) is 25.6 Å². The summed E-state index contributed by atoms with van der Waals surface area (Å²) in [4.78, 5) is 26.8. The fraction of sp³-hybridized carbons (Fsp3) is 0.0952. The van der Waals surface area contributed by atoms with Gasteiger partial charge in [0.25, 0.3) is 5.91 Å². The van der Waals surface area contributed by atoms with Gasteiger partial charge in [0.2, 0.25) is 10.8 Å². The summed E-state index contributed by atoms with van der Waals surface area (Å²) >= 11 is 0. The number of benzene rings is 2. The number of halogens is 5. The molecule has 0 aliphatic carbocycles. The van der Waals surface area contributed by atoms with Crippen molar-refractivity contribution in [2.75, 3.05) is 15.4 Å². The van der Waals surface area contributed by atoms with Crippen LogP contribution >= 0.6 is 0 Å². The molecule has 0 aliphatic rings. The number of nitrogens with zero attached hydrogens (tertiary/aromatic N) is 1. The highest BCUT2D eigenvalue weighted by molar-refractivity contribution is 7.99. The molecule has 1 aromatic heterocycles. The van der Waals surface area contributed by atoms with Gasteiger partial charge in [0, 0.05) is 6.92 Å². The molecule has 3 rings (SSSR count). The fourth-order valence-corrected chi connectivity index (χ4v) is 3.87. The number of aromatic nitrogens is 1. The van der Waals surface area contributed by atoms with Crippen molar-refractivity contribution in [1.82, 2.24) is 4.98 Å². The zero-order chi connectivity index (χ0) is 26.0. The van der Waals surface area contributed by atoms with E-state index in [1.54, 1.807) is 0 Å². The Hall–Kier alpha value is -3.91. The van der Waals surface area contributed by atoms with Crippen LogP contribution in [0.5, 0.6) is 0 Å². The maximum absolute atomic E-state index is 14.9. The molecule has 0 spiro atoms. The third kappa shape index (κ3) is 6.16. The van der Waals surface area contributed by atoms with Gasteiger partial charge >= 0.3 is 16.6 Å². The van der Waals surface area contributed by atoms with E-state index in [0.717, 1.165) is 24.4 Å². The molecule has 4 N–H and O–H groups in total. The van der Waals surface area contributed by atoms with E-state index in [4.69, 9.17) is 0 Å². The molecule has 0 fully saturated rings. The smallest absolute Gasteiger partial charge is 0.320 e. The minimum Gasteiger partial charge on any atom is -0.320 e. The van der Waals surface area contributed by atoms with Crippen molar-refractivity contribution < 1.29 is 40.3 Å². The Morgan fingerprint density at radius 2 is 1.63 bits per heavy atom. The lowest BCUT2D eigenvalue weighted by atomic mass is 10.1. The molecule has 1 atom stereocenters. The highest BCUT2D eigenvalue weighted by atomic mass is 32.3. The van der Waals surface area contributed by atoms with Crippen molar-refractivity contribution >= 4 is 39.4 Å². The standard InChI is InChI=1S/C21H15F5N4O4S/c1-11(31)28-17-9-4-13(10-27-17)29-20(32)18-15(22)7-8-16(19(18)23)30-35(33,34)14-5-2-12(3-6-14)21(24,25)26/h2-10H,1H3,(H3-,27,28,29,30,31,32,33,34)/p+1. The number of carbonyl (C=O) groups excluding carboxylic acids is 2. The van der Waals surface area contributed by atoms with E-state index in [1.165, 1.54) is 19.1 Å². The zero-order valence-electron chi connectivity index (χ0n) is 17.6. The second-order valence-electron chi connectivity index (χ2n) is 7.00. The average molecular weight is 515 g/mol. The third-order valence-corrected chi connectivity index (χ3v) is 5.80. The third-order valence-electron chi connectivity index (χ3n) is 4.39. The molecular formula is C21H16F5N4O4S+. The maximum atomic E-state index is 14.9. The SMILES string of the molecule is CC(=O)Nc1ccc(NC(=O)c2c(F)ccc(N[S+](=O)(O)c3ccc(C(F)(F)F)cc3)c2F)cn1. The molecule has 2 aromatic carbocycles. The van der Waals surface area contributed by atoms with Crippen molar-refractivity contribution in [1.29, 1.82) is 0 Å². The number of alkyl halides is 3. The Bertz CT molecular complexity index is 1320. The molecule has 1 heterocycles. The molecule has 14 heteroatoms. The highest BCUT2D eigenvalue weighted by Gasteiger charge is 2.35. The largest absolute Gasteiger partial charge is 0.416 e. The number of hydrogen-bond donors (Lipinski definition) is 4. The van der Waals surface area contributed by atoms with Crippen molar-refractivity contribution in [2.45, 2.75) is 18.0 Å². The van der Waals surface area contributed by atoms with Gasteiger partial charge in [-0.15, -0.1) is 0 Å². The Kier molecular flexibility index (Phi) is 7.17. The average Bonchev–Trinajstić information content (AvgIpc) is 2.76. The Morgan fingerprint density at radius 1 is 0.971 bits per heavy atom. The molecule has 184 valence electrons. The van der Waals surface area contributed by atoms with Crippen LogP contribution in [0.4, 0.5) is 39.1 Å². The van der Waals surface area contributed by atoms with E-state index in [1.807, 2.05) is 4.72 Å². The van der Waals surface area contributed by atoms with Gasteiger partial charge in [-0.2, -0.15) is 22.4 Å². The van der Waals surface area contributed by atoms with Gasteiger partial charge in [-0.3, -0.25) is 9.59 Å². The molecule has 3 aromatic rings. The lowest BCUT2D eigenvalue weighted by Gasteiger charge is -2.12. The van der Waals surface area contributed by atoms with Gasteiger partial charge in [-0.05, 0) is 52.7 Å². The van der Waals surface area contributed by atoms with Crippen LogP contribution in [0.3, 0.4) is 0 Å². The van der Waals surface area contributed by atoms with E-state index in [0.29, 0.717) is 18.2 Å². The number of rotatable bonds is 6. The predicted octanol–water partition coefficient (Wildman–Crippen LogP) is 4.95. The van der Waals surface area contributed by atoms with Crippen LogP contribution in [0, 0.1) is 11.6 Å². The first kappa shape index (κ1) is 25.7. The van der Waals surface area contributed by atoms with Crippen LogP contribution in [0.2, 0.25) is 0 Å². The van der Waals surface area contributed by atoms with E-state index >= 15 is 0 Å². The molecule has 0 bridgehead atoms. The number of anilines is 3. The molecular weight excluding hydrogens is 499 g/mol.